The fourth-order valence-corrected chi connectivity index (χ4v) is 10.7. The molecule has 0 fully saturated rings. The fourth-order valence-electron chi connectivity index (χ4n) is 10.7. The normalized spacial score (nSPS) is 13.5. The summed E-state index contributed by atoms with van der Waals surface area (Å²) in [5, 5.41) is 9.77. The molecule has 0 aromatic carbocycles. The maximum Gasteiger partial charge on any atom is 0.361 e. The number of allylic oxidation sites excluding steroid dienone is 24. The zero-order chi connectivity index (χ0) is 69.0. The highest BCUT2D eigenvalue weighted by atomic mass is 16.7. The number of carboxylic acids is 1. The van der Waals surface area contributed by atoms with Crippen molar-refractivity contribution in [1.82, 2.24) is 0 Å². The number of esters is 2. The maximum atomic E-state index is 13.0. The molecule has 0 aromatic rings. The molecule has 9 heteroatoms. The average molecular weight is 1320 g/mol. The number of quaternary nitrogens is 1. The Kier molecular flexibility index (Phi) is 71.1. The van der Waals surface area contributed by atoms with Crippen molar-refractivity contribution >= 4 is 17.9 Å². The van der Waals surface area contributed by atoms with Crippen LogP contribution in [0.15, 0.2) is 146 Å². The first-order chi connectivity index (χ1) is 46.6. The Morgan fingerprint density at radius 3 is 0.842 bits per heavy atom. The average Bonchev–Trinajstić information content (AvgIpc) is 2.92. The molecule has 0 aliphatic heterocycles. The lowest BCUT2D eigenvalue weighted by atomic mass is 10.0. The summed E-state index contributed by atoms with van der Waals surface area (Å²) in [4.78, 5) is 37.7. The van der Waals surface area contributed by atoms with Crippen LogP contribution in [0.25, 0.3) is 0 Å². The second-order valence-corrected chi connectivity index (χ2v) is 26.9. The van der Waals surface area contributed by atoms with Crippen molar-refractivity contribution in [3.8, 4) is 0 Å². The van der Waals surface area contributed by atoms with Crippen LogP contribution in [0.3, 0.4) is 0 Å². The van der Waals surface area contributed by atoms with Gasteiger partial charge in [0.05, 0.1) is 34.4 Å². The number of carbonyl (C=O) groups is 3. The smallest absolute Gasteiger partial charge is 0.361 e. The number of unbranched alkanes of at least 4 members (excludes halogenated alkanes) is 32. The molecule has 542 valence electrons. The van der Waals surface area contributed by atoms with Crippen LogP contribution in [-0.2, 0) is 33.3 Å². The van der Waals surface area contributed by atoms with E-state index in [-0.39, 0.29) is 32.2 Å². The lowest BCUT2D eigenvalue weighted by Crippen LogP contribution is -2.40. The van der Waals surface area contributed by atoms with E-state index in [4.69, 9.17) is 18.9 Å². The van der Waals surface area contributed by atoms with Gasteiger partial charge in [0.2, 0.25) is 0 Å². The predicted octanol–water partition coefficient (Wildman–Crippen LogP) is 25.0. The van der Waals surface area contributed by atoms with Gasteiger partial charge in [0.15, 0.2) is 6.10 Å². The van der Waals surface area contributed by atoms with Gasteiger partial charge in [-0.05, 0) is 116 Å². The molecule has 0 radical (unpaired) electrons. The number of aliphatic carboxylic acids is 1. The predicted molar refractivity (Wildman–Crippen MR) is 410 cm³/mol. The number of hydrogen-bond acceptors (Lipinski definition) is 7. The van der Waals surface area contributed by atoms with Crippen LogP contribution in [-0.4, -0.2) is 87.4 Å². The van der Waals surface area contributed by atoms with Gasteiger partial charge in [-0.3, -0.25) is 9.59 Å². The van der Waals surface area contributed by atoms with Crippen molar-refractivity contribution in [2.75, 3.05) is 47.5 Å². The van der Waals surface area contributed by atoms with E-state index in [1.165, 1.54) is 180 Å². The Bertz CT molecular complexity index is 2080. The Balaban J connectivity index is 4.05. The van der Waals surface area contributed by atoms with Gasteiger partial charge in [-0.25, -0.2) is 4.79 Å². The molecule has 0 aliphatic rings. The van der Waals surface area contributed by atoms with Crippen LogP contribution in [0.5, 0.6) is 0 Å². The SMILES string of the molecule is CC/C=C\C/C=C\C/C=C\C/C=C\C/C=C\C/C=C\CCCCCCCCCCCCCCCCCCCCCCC(=O)OC(COC(=O)CCCCCCCCCCCCCC/C=C\C/C=C\C/C=C\C/C=C\C/C=C\C/C=C\CC)COC(OCC[N+](C)(C)C)C(=O)O. The molecule has 0 rings (SSSR count). The molecule has 2 unspecified atom stereocenters. The largest absolute Gasteiger partial charge is 0.477 e. The first-order valence-corrected chi connectivity index (χ1v) is 39.0. The van der Waals surface area contributed by atoms with Gasteiger partial charge in [-0.2, -0.15) is 0 Å². The number of rotatable bonds is 71. The highest BCUT2D eigenvalue weighted by Crippen LogP contribution is 2.18. The summed E-state index contributed by atoms with van der Waals surface area (Å²) >= 11 is 0. The van der Waals surface area contributed by atoms with E-state index in [9.17, 15) is 19.5 Å². The van der Waals surface area contributed by atoms with E-state index in [0.717, 1.165) is 116 Å². The second-order valence-electron chi connectivity index (χ2n) is 26.9. The number of carbonyl (C=O) groups excluding carboxylic acids is 2. The minimum Gasteiger partial charge on any atom is -0.477 e. The van der Waals surface area contributed by atoms with E-state index < -0.39 is 24.3 Å². The lowest BCUT2D eigenvalue weighted by Gasteiger charge is -2.25. The van der Waals surface area contributed by atoms with Gasteiger partial charge in [0.1, 0.15) is 13.2 Å². The molecule has 2 atom stereocenters. The van der Waals surface area contributed by atoms with Crippen molar-refractivity contribution in [2.24, 2.45) is 0 Å². The first kappa shape index (κ1) is 90.2. The summed E-state index contributed by atoms with van der Waals surface area (Å²) in [6.45, 7) is 4.67. The molecule has 0 saturated carbocycles. The van der Waals surface area contributed by atoms with Crippen LogP contribution in [0.1, 0.15) is 322 Å². The minimum absolute atomic E-state index is 0.183. The third-order valence-electron chi connectivity index (χ3n) is 16.6. The van der Waals surface area contributed by atoms with Crippen LogP contribution in [0, 0.1) is 0 Å². The Morgan fingerprint density at radius 1 is 0.316 bits per heavy atom. The molecule has 0 saturated heterocycles. The number of nitrogens with zero attached hydrogens (tertiary/aromatic N) is 1. The van der Waals surface area contributed by atoms with Crippen molar-refractivity contribution in [3.05, 3.63) is 146 Å². The van der Waals surface area contributed by atoms with Crippen molar-refractivity contribution in [3.63, 3.8) is 0 Å². The Labute approximate surface area is 585 Å². The summed E-state index contributed by atoms with van der Waals surface area (Å²) in [5.41, 5.74) is 0. The maximum absolute atomic E-state index is 13.0. The molecule has 0 amide bonds. The second kappa shape index (κ2) is 75.0. The quantitative estimate of drug-likeness (QED) is 0.0211. The summed E-state index contributed by atoms with van der Waals surface area (Å²) in [5.74, 6) is -2.00. The minimum atomic E-state index is -1.52. The molecule has 9 nitrogen and oxygen atoms in total. The third-order valence-corrected chi connectivity index (χ3v) is 16.6. The van der Waals surface area contributed by atoms with E-state index >= 15 is 0 Å². The third kappa shape index (κ3) is 76.4. The van der Waals surface area contributed by atoms with Crippen LogP contribution in [0.4, 0.5) is 0 Å². The van der Waals surface area contributed by atoms with Gasteiger partial charge in [-0.1, -0.05) is 339 Å². The van der Waals surface area contributed by atoms with Gasteiger partial charge in [-0.15, -0.1) is 0 Å². The monoisotopic (exact) mass is 1320 g/mol. The van der Waals surface area contributed by atoms with Gasteiger partial charge in [0, 0.05) is 12.8 Å². The zero-order valence-corrected chi connectivity index (χ0v) is 62.0. The van der Waals surface area contributed by atoms with E-state index in [0.29, 0.717) is 17.4 Å². The van der Waals surface area contributed by atoms with E-state index in [1.54, 1.807) is 0 Å². The summed E-state index contributed by atoms with van der Waals surface area (Å²) in [7, 11) is 5.98. The van der Waals surface area contributed by atoms with Crippen molar-refractivity contribution in [2.45, 2.75) is 334 Å². The number of ether oxygens (including phenoxy) is 4. The van der Waals surface area contributed by atoms with E-state index in [1.807, 2.05) is 21.1 Å². The zero-order valence-electron chi connectivity index (χ0n) is 62.0. The standard InChI is InChI=1S/C86H145NO8/c1-6-8-10-12-14-16-18-20-22-24-26-28-30-32-34-36-38-39-40-41-42-43-44-45-47-49-51-53-55-57-59-61-63-65-67-69-71-73-75-77-84(89)95-82(81-94-86(85(90)91)92-79-78-87(3,4)5)80-93-83(88)76-74-72-70-68-66-64-62-60-58-56-54-52-50-48-46-37-35-33-31-29-27-25-23-21-19-17-15-13-11-9-7-2/h8-11,14-17,20-23,26-29,32-35,38-39,46,48,82,86H,6-7,12-13,18-19,24-25,30-31,36-37,40-45,47,49-81H2,1-5H3/p+1/b10-8-,11-9-,16-14-,17-15-,22-20-,23-21-,28-26-,29-27-,34-32-,35-33-,39-38-,48-46-. The molecule has 0 aliphatic carbocycles. The molecule has 0 aromatic heterocycles. The highest BCUT2D eigenvalue weighted by Gasteiger charge is 2.25. The Morgan fingerprint density at radius 2 is 0.568 bits per heavy atom. The molecular formula is C86H146NO8+. The van der Waals surface area contributed by atoms with E-state index in [2.05, 4.69) is 160 Å². The van der Waals surface area contributed by atoms with Crippen LogP contribution in [0.2, 0.25) is 0 Å². The van der Waals surface area contributed by atoms with Crippen LogP contribution < -0.4 is 0 Å². The molecular weight excluding hydrogens is 1170 g/mol. The molecule has 0 bridgehead atoms. The molecule has 1 N–H and O–H groups in total. The number of likely N-dealkylation sites (N-methyl/N-ethyl adjacent to an activating group) is 1. The Hall–Kier alpha value is -4.83. The molecule has 0 spiro atoms. The molecule has 0 heterocycles. The highest BCUT2D eigenvalue weighted by molar-refractivity contribution is 5.71. The topological polar surface area (TPSA) is 108 Å². The summed E-state index contributed by atoms with van der Waals surface area (Å²) in [6, 6.07) is 0. The molecule has 95 heavy (non-hydrogen) atoms. The summed E-state index contributed by atoms with van der Waals surface area (Å²) in [6.07, 6.45) is 107. The first-order valence-electron chi connectivity index (χ1n) is 39.0. The van der Waals surface area contributed by atoms with Crippen molar-refractivity contribution in [1.29, 1.82) is 0 Å². The van der Waals surface area contributed by atoms with Crippen molar-refractivity contribution < 1.29 is 42.9 Å². The van der Waals surface area contributed by atoms with Crippen LogP contribution >= 0.6 is 0 Å². The van der Waals surface area contributed by atoms with Gasteiger partial charge < -0.3 is 28.5 Å². The number of hydrogen-bond donors (Lipinski definition) is 1. The van der Waals surface area contributed by atoms with Gasteiger partial charge >= 0.3 is 17.9 Å². The van der Waals surface area contributed by atoms with Gasteiger partial charge in [0.25, 0.3) is 6.29 Å². The number of carboxylic acid groups (broad SMARTS) is 1. The fraction of sp³-hybridized carbons (Fsp3) is 0.686. The lowest BCUT2D eigenvalue weighted by molar-refractivity contribution is -0.870. The summed E-state index contributed by atoms with van der Waals surface area (Å²) < 4.78 is 23.0.